The minimum Gasteiger partial charge on any atom is -0.493 e. The Kier molecular flexibility index (Phi) is 5.21. The summed E-state index contributed by atoms with van der Waals surface area (Å²) in [6.45, 7) is 2.51. The van der Waals surface area contributed by atoms with Crippen molar-refractivity contribution in [2.24, 2.45) is 0 Å². The summed E-state index contributed by atoms with van der Waals surface area (Å²) >= 11 is 2.78. The van der Waals surface area contributed by atoms with Crippen LogP contribution in [0.1, 0.15) is 21.6 Å². The molecule has 4 heterocycles. The van der Waals surface area contributed by atoms with Gasteiger partial charge in [-0.15, -0.1) is 23.1 Å². The number of aromatic nitrogens is 3. The molecule has 0 unspecified atom stereocenters. The third-order valence-corrected chi connectivity index (χ3v) is 6.37. The number of benzene rings is 1. The lowest BCUT2D eigenvalue weighted by Crippen LogP contribution is -2.16. The van der Waals surface area contributed by atoms with E-state index in [1.165, 1.54) is 28.7 Å². The lowest BCUT2D eigenvalue weighted by atomic mass is 10.1. The Morgan fingerprint density at radius 1 is 1.23 bits per heavy atom. The molecular formula is C22H18N4O3S2. The molecule has 156 valence electrons. The maximum absolute atomic E-state index is 13.0. The second-order valence-corrected chi connectivity index (χ2v) is 8.56. The topological polar surface area (TPSA) is 90.1 Å². The standard InChI is InChI=1S/C22H18N4O3S2/c1-12-18(21(30-2)25-19(23-12)17-4-3-8-28-17)20(27)26-22-24-15(11-31-22)13-5-6-16-14(10-13)7-9-29-16/h3-6,8,10-11H,7,9H2,1-2H3,(H,24,26,27). The number of thioether (sulfide) groups is 1. The van der Waals surface area contributed by atoms with E-state index in [1.54, 1.807) is 25.3 Å². The van der Waals surface area contributed by atoms with Crippen molar-refractivity contribution in [3.8, 4) is 28.6 Å². The first-order chi connectivity index (χ1) is 15.1. The summed E-state index contributed by atoms with van der Waals surface area (Å²) in [6, 6.07) is 9.63. The van der Waals surface area contributed by atoms with Crippen LogP contribution in [-0.2, 0) is 6.42 Å². The van der Waals surface area contributed by atoms with Crippen LogP contribution in [-0.4, -0.2) is 33.7 Å². The minimum atomic E-state index is -0.281. The number of hydrogen-bond donors (Lipinski definition) is 1. The second kappa shape index (κ2) is 8.16. The van der Waals surface area contributed by atoms with Gasteiger partial charge >= 0.3 is 0 Å². The first kappa shape index (κ1) is 19.8. The zero-order chi connectivity index (χ0) is 21.4. The highest BCUT2D eigenvalue weighted by atomic mass is 32.2. The average molecular weight is 451 g/mol. The highest BCUT2D eigenvalue weighted by molar-refractivity contribution is 7.98. The van der Waals surface area contributed by atoms with Gasteiger partial charge in [0.25, 0.3) is 5.91 Å². The molecule has 31 heavy (non-hydrogen) atoms. The average Bonchev–Trinajstić information content (AvgIpc) is 3.53. The van der Waals surface area contributed by atoms with E-state index in [9.17, 15) is 4.79 Å². The fraction of sp³-hybridized carbons (Fsp3) is 0.182. The van der Waals surface area contributed by atoms with E-state index in [2.05, 4.69) is 26.3 Å². The molecule has 1 aliphatic heterocycles. The normalized spacial score (nSPS) is 12.5. The molecule has 7 nitrogen and oxygen atoms in total. The molecule has 1 aliphatic rings. The van der Waals surface area contributed by atoms with Crippen LogP contribution in [0.5, 0.6) is 5.75 Å². The molecule has 3 aromatic heterocycles. The summed E-state index contributed by atoms with van der Waals surface area (Å²) in [5, 5.41) is 5.95. The van der Waals surface area contributed by atoms with Gasteiger partial charge in [0.15, 0.2) is 16.7 Å². The van der Waals surface area contributed by atoms with E-state index in [0.29, 0.717) is 33.0 Å². The number of thiazole rings is 1. The highest BCUT2D eigenvalue weighted by Crippen LogP contribution is 2.32. The van der Waals surface area contributed by atoms with Crippen molar-refractivity contribution in [2.45, 2.75) is 18.4 Å². The van der Waals surface area contributed by atoms with Gasteiger partial charge < -0.3 is 9.15 Å². The lowest BCUT2D eigenvalue weighted by Gasteiger charge is -2.10. The molecule has 9 heteroatoms. The lowest BCUT2D eigenvalue weighted by molar-refractivity contribution is 0.102. The van der Waals surface area contributed by atoms with Gasteiger partial charge in [0, 0.05) is 17.4 Å². The number of carbonyl (C=O) groups is 1. The van der Waals surface area contributed by atoms with E-state index < -0.39 is 0 Å². The van der Waals surface area contributed by atoms with Crippen LogP contribution in [0, 0.1) is 6.92 Å². The van der Waals surface area contributed by atoms with Crippen LogP contribution in [0.2, 0.25) is 0 Å². The Bertz CT molecular complexity index is 1270. The van der Waals surface area contributed by atoms with E-state index >= 15 is 0 Å². The number of amides is 1. The van der Waals surface area contributed by atoms with Gasteiger partial charge in [-0.3, -0.25) is 10.1 Å². The number of carbonyl (C=O) groups excluding carboxylic acids is 1. The molecule has 0 radical (unpaired) electrons. The number of fused-ring (bicyclic) bond motifs is 1. The van der Waals surface area contributed by atoms with E-state index in [-0.39, 0.29) is 5.91 Å². The monoisotopic (exact) mass is 450 g/mol. The molecule has 0 saturated carbocycles. The van der Waals surface area contributed by atoms with E-state index in [0.717, 1.165) is 30.0 Å². The van der Waals surface area contributed by atoms with Gasteiger partial charge in [0.2, 0.25) is 0 Å². The summed E-state index contributed by atoms with van der Waals surface area (Å²) in [5.41, 5.74) is 4.03. The number of aryl methyl sites for hydroxylation is 1. The van der Waals surface area contributed by atoms with Crippen molar-refractivity contribution in [1.82, 2.24) is 15.0 Å². The number of ether oxygens (including phenoxy) is 1. The number of nitrogens with zero attached hydrogens (tertiary/aromatic N) is 3. The van der Waals surface area contributed by atoms with Crippen molar-refractivity contribution in [3.63, 3.8) is 0 Å². The molecule has 0 spiro atoms. The Balaban J connectivity index is 1.39. The van der Waals surface area contributed by atoms with Crippen molar-refractivity contribution < 1.29 is 13.9 Å². The van der Waals surface area contributed by atoms with Gasteiger partial charge in [-0.05, 0) is 49.1 Å². The summed E-state index contributed by atoms with van der Waals surface area (Å²) in [6.07, 6.45) is 4.35. The quantitative estimate of drug-likeness (QED) is 0.335. The number of rotatable bonds is 5. The Morgan fingerprint density at radius 3 is 2.94 bits per heavy atom. The number of nitrogens with one attached hydrogen (secondary N) is 1. The number of hydrogen-bond acceptors (Lipinski definition) is 8. The Hall–Kier alpha value is -3.17. The Labute approximate surface area is 186 Å². The fourth-order valence-corrected chi connectivity index (χ4v) is 4.78. The molecule has 1 amide bonds. The molecule has 1 N–H and O–H groups in total. The third kappa shape index (κ3) is 3.82. The number of anilines is 1. The molecule has 0 atom stereocenters. The third-order valence-electron chi connectivity index (χ3n) is 4.93. The van der Waals surface area contributed by atoms with E-state index in [1.807, 2.05) is 23.8 Å². The molecule has 0 aliphatic carbocycles. The summed E-state index contributed by atoms with van der Waals surface area (Å²) < 4.78 is 11.0. The highest BCUT2D eigenvalue weighted by Gasteiger charge is 2.21. The number of furan rings is 1. The van der Waals surface area contributed by atoms with Crippen molar-refractivity contribution >= 4 is 34.1 Å². The smallest absolute Gasteiger partial charge is 0.262 e. The molecular weight excluding hydrogens is 432 g/mol. The van der Waals surface area contributed by atoms with Crippen LogP contribution >= 0.6 is 23.1 Å². The van der Waals surface area contributed by atoms with Gasteiger partial charge in [-0.1, -0.05) is 0 Å². The van der Waals surface area contributed by atoms with Gasteiger partial charge in [-0.2, -0.15) is 0 Å². The SMILES string of the molecule is CSc1nc(-c2ccco2)nc(C)c1C(=O)Nc1nc(-c2ccc3c(c2)CCO3)cs1. The maximum Gasteiger partial charge on any atom is 0.262 e. The van der Waals surface area contributed by atoms with Crippen molar-refractivity contribution in [1.29, 1.82) is 0 Å². The summed E-state index contributed by atoms with van der Waals surface area (Å²) in [5.74, 6) is 1.68. The first-order valence-corrected chi connectivity index (χ1v) is 11.7. The van der Waals surface area contributed by atoms with Gasteiger partial charge in [-0.25, -0.2) is 15.0 Å². The molecule has 4 aromatic rings. The molecule has 5 rings (SSSR count). The fourth-order valence-electron chi connectivity index (χ4n) is 3.44. The maximum atomic E-state index is 13.0. The summed E-state index contributed by atoms with van der Waals surface area (Å²) in [7, 11) is 0. The van der Waals surface area contributed by atoms with Gasteiger partial charge in [0.05, 0.1) is 29.8 Å². The first-order valence-electron chi connectivity index (χ1n) is 9.62. The zero-order valence-electron chi connectivity index (χ0n) is 16.8. The second-order valence-electron chi connectivity index (χ2n) is 6.91. The van der Waals surface area contributed by atoms with Crippen molar-refractivity contribution in [3.05, 3.63) is 58.8 Å². The molecule has 0 saturated heterocycles. The van der Waals surface area contributed by atoms with Gasteiger partial charge in [0.1, 0.15) is 10.8 Å². The minimum absolute atomic E-state index is 0.281. The van der Waals surface area contributed by atoms with Crippen LogP contribution in [0.25, 0.3) is 22.8 Å². The van der Waals surface area contributed by atoms with Crippen LogP contribution < -0.4 is 10.1 Å². The largest absolute Gasteiger partial charge is 0.493 e. The van der Waals surface area contributed by atoms with E-state index in [4.69, 9.17) is 9.15 Å². The zero-order valence-corrected chi connectivity index (χ0v) is 18.5. The predicted octanol–water partition coefficient (Wildman–Crippen LogP) is 5.08. The molecule has 0 bridgehead atoms. The van der Waals surface area contributed by atoms with Crippen LogP contribution in [0.3, 0.4) is 0 Å². The van der Waals surface area contributed by atoms with Crippen LogP contribution in [0.4, 0.5) is 5.13 Å². The van der Waals surface area contributed by atoms with Crippen molar-refractivity contribution in [2.75, 3.05) is 18.2 Å². The van der Waals surface area contributed by atoms with Crippen LogP contribution in [0.15, 0.2) is 51.4 Å². The Morgan fingerprint density at radius 2 is 2.13 bits per heavy atom. The predicted molar refractivity (Wildman–Crippen MR) is 121 cm³/mol. The molecule has 0 fully saturated rings. The molecule has 1 aromatic carbocycles. The summed E-state index contributed by atoms with van der Waals surface area (Å²) in [4.78, 5) is 26.6.